The Balaban J connectivity index is 2.37. The van der Waals surface area contributed by atoms with Crippen molar-refractivity contribution >= 4 is 6.16 Å². The number of benzene rings is 2. The van der Waals surface area contributed by atoms with Crippen LogP contribution in [0.1, 0.15) is 37.3 Å². The van der Waals surface area contributed by atoms with Gasteiger partial charge in [-0.1, -0.05) is 38.0 Å². The topological polar surface area (TPSA) is 46.5 Å². The molecular formula is C19H19F3O3. The summed E-state index contributed by atoms with van der Waals surface area (Å²) in [7, 11) is 0. The highest BCUT2D eigenvalue weighted by atomic mass is 19.4. The Morgan fingerprint density at radius 1 is 1.08 bits per heavy atom. The van der Waals surface area contributed by atoms with Crippen LogP contribution in [0.2, 0.25) is 0 Å². The van der Waals surface area contributed by atoms with Crippen molar-refractivity contribution in [3.8, 4) is 16.9 Å². The second-order valence-corrected chi connectivity index (χ2v) is 5.73. The minimum absolute atomic E-state index is 0.103. The molecule has 1 N–H and O–H groups in total. The third kappa shape index (κ3) is 5.24. The maximum absolute atomic E-state index is 12.7. The summed E-state index contributed by atoms with van der Waals surface area (Å²) < 4.78 is 42.9. The third-order valence-corrected chi connectivity index (χ3v) is 3.83. The largest absolute Gasteiger partial charge is 0.511 e. The van der Waals surface area contributed by atoms with Crippen LogP contribution < -0.4 is 4.74 Å². The van der Waals surface area contributed by atoms with Crippen molar-refractivity contribution in [3.05, 3.63) is 53.6 Å². The minimum atomic E-state index is -4.42. The van der Waals surface area contributed by atoms with Crippen LogP contribution in [-0.2, 0) is 12.6 Å². The van der Waals surface area contributed by atoms with Crippen molar-refractivity contribution in [1.82, 2.24) is 0 Å². The van der Waals surface area contributed by atoms with Gasteiger partial charge in [0.05, 0.1) is 5.56 Å². The number of alkyl halides is 3. The SMILES string of the molecule is CCCCCc1ccc(OC(=O)O)c(-c2ccc(C(F)(F)F)cc2)c1. The first-order chi connectivity index (χ1) is 11.8. The van der Waals surface area contributed by atoms with Gasteiger partial charge in [-0.25, -0.2) is 4.79 Å². The molecule has 0 radical (unpaired) electrons. The lowest BCUT2D eigenvalue weighted by Crippen LogP contribution is -2.05. The Bertz CT molecular complexity index is 722. The molecule has 134 valence electrons. The lowest BCUT2D eigenvalue weighted by Gasteiger charge is -2.12. The van der Waals surface area contributed by atoms with E-state index in [9.17, 15) is 18.0 Å². The molecule has 0 unspecified atom stereocenters. The zero-order chi connectivity index (χ0) is 18.4. The van der Waals surface area contributed by atoms with Crippen LogP contribution in [0.5, 0.6) is 5.75 Å². The zero-order valence-corrected chi connectivity index (χ0v) is 13.8. The second kappa shape index (κ2) is 8.05. The molecule has 2 rings (SSSR count). The van der Waals surface area contributed by atoms with E-state index >= 15 is 0 Å². The summed E-state index contributed by atoms with van der Waals surface area (Å²) in [5.74, 6) is 0.103. The van der Waals surface area contributed by atoms with Crippen molar-refractivity contribution in [2.24, 2.45) is 0 Å². The number of hydrogen-bond donors (Lipinski definition) is 1. The maximum atomic E-state index is 12.7. The number of unbranched alkanes of at least 4 members (excludes halogenated alkanes) is 2. The smallest absolute Gasteiger partial charge is 0.449 e. The van der Waals surface area contributed by atoms with Gasteiger partial charge in [-0.05, 0) is 48.2 Å². The molecule has 0 amide bonds. The molecule has 0 atom stereocenters. The molecule has 0 heterocycles. The third-order valence-electron chi connectivity index (χ3n) is 3.83. The van der Waals surface area contributed by atoms with Gasteiger partial charge in [0, 0.05) is 5.56 Å². The summed E-state index contributed by atoms with van der Waals surface area (Å²) in [6.45, 7) is 2.09. The number of aryl methyl sites for hydroxylation is 1. The van der Waals surface area contributed by atoms with E-state index in [1.54, 1.807) is 18.2 Å². The minimum Gasteiger partial charge on any atom is -0.449 e. The molecule has 2 aromatic rings. The summed E-state index contributed by atoms with van der Waals surface area (Å²) in [6, 6.07) is 9.69. The van der Waals surface area contributed by atoms with Gasteiger partial charge in [0.15, 0.2) is 0 Å². The number of carboxylic acid groups (broad SMARTS) is 1. The number of halogens is 3. The summed E-state index contributed by atoms with van der Waals surface area (Å²) in [4.78, 5) is 10.9. The number of carbonyl (C=O) groups is 1. The van der Waals surface area contributed by atoms with E-state index in [1.165, 1.54) is 12.1 Å². The monoisotopic (exact) mass is 352 g/mol. The normalized spacial score (nSPS) is 11.4. The highest BCUT2D eigenvalue weighted by Crippen LogP contribution is 2.35. The van der Waals surface area contributed by atoms with E-state index in [2.05, 4.69) is 6.92 Å². The maximum Gasteiger partial charge on any atom is 0.511 e. The number of hydrogen-bond acceptors (Lipinski definition) is 2. The Morgan fingerprint density at radius 2 is 1.76 bits per heavy atom. The lowest BCUT2D eigenvalue weighted by atomic mass is 9.98. The number of rotatable bonds is 6. The molecule has 0 fully saturated rings. The fourth-order valence-corrected chi connectivity index (χ4v) is 2.56. The molecule has 0 saturated heterocycles. The first-order valence-electron chi connectivity index (χ1n) is 8.02. The molecule has 25 heavy (non-hydrogen) atoms. The van der Waals surface area contributed by atoms with Crippen LogP contribution >= 0.6 is 0 Å². The van der Waals surface area contributed by atoms with Crippen LogP contribution in [0.15, 0.2) is 42.5 Å². The standard InChI is InChI=1S/C19H19F3O3/c1-2-3-4-5-13-6-11-17(25-18(23)24)16(12-13)14-7-9-15(10-8-14)19(20,21)22/h6-12H,2-5H2,1H3,(H,23,24). The van der Waals surface area contributed by atoms with Crippen LogP contribution in [0.4, 0.5) is 18.0 Å². The average Bonchev–Trinajstić information content (AvgIpc) is 2.55. The highest BCUT2D eigenvalue weighted by molar-refractivity contribution is 5.75. The lowest BCUT2D eigenvalue weighted by molar-refractivity contribution is -0.137. The van der Waals surface area contributed by atoms with Gasteiger partial charge in [-0.3, -0.25) is 0 Å². The summed E-state index contributed by atoms with van der Waals surface area (Å²) in [6.07, 6.45) is -1.93. The number of ether oxygens (including phenoxy) is 1. The van der Waals surface area contributed by atoms with Crippen LogP contribution in [0.3, 0.4) is 0 Å². The molecule has 0 saturated carbocycles. The molecule has 0 aliphatic heterocycles. The van der Waals surface area contributed by atoms with Gasteiger partial charge in [0.1, 0.15) is 5.75 Å². The molecule has 3 nitrogen and oxygen atoms in total. The van der Waals surface area contributed by atoms with Crippen LogP contribution in [0.25, 0.3) is 11.1 Å². The van der Waals surface area contributed by atoms with E-state index in [4.69, 9.17) is 9.84 Å². The fourth-order valence-electron chi connectivity index (χ4n) is 2.56. The van der Waals surface area contributed by atoms with Crippen molar-refractivity contribution < 1.29 is 27.8 Å². The quantitative estimate of drug-likeness (QED) is 0.385. The predicted molar refractivity (Wildman–Crippen MR) is 88.8 cm³/mol. The molecule has 0 bridgehead atoms. The van der Waals surface area contributed by atoms with Gasteiger partial charge < -0.3 is 9.84 Å². The Hall–Kier alpha value is -2.50. The first-order valence-corrected chi connectivity index (χ1v) is 8.02. The Kier molecular flexibility index (Phi) is 6.07. The van der Waals surface area contributed by atoms with Gasteiger partial charge in [0.25, 0.3) is 0 Å². The van der Waals surface area contributed by atoms with Crippen molar-refractivity contribution in [3.63, 3.8) is 0 Å². The van der Waals surface area contributed by atoms with Gasteiger partial charge in [-0.2, -0.15) is 13.2 Å². The predicted octanol–water partition coefficient (Wildman–Crippen LogP) is 6.16. The molecule has 0 aromatic heterocycles. The fraction of sp³-hybridized carbons (Fsp3) is 0.316. The van der Waals surface area contributed by atoms with Crippen molar-refractivity contribution in [1.29, 1.82) is 0 Å². The molecule has 2 aromatic carbocycles. The summed E-state index contributed by atoms with van der Waals surface area (Å²) in [5.41, 5.74) is 1.17. The van der Waals surface area contributed by atoms with E-state index < -0.39 is 17.9 Å². The average molecular weight is 352 g/mol. The van der Waals surface area contributed by atoms with E-state index in [-0.39, 0.29) is 5.75 Å². The van der Waals surface area contributed by atoms with Crippen LogP contribution in [0, 0.1) is 0 Å². The highest BCUT2D eigenvalue weighted by Gasteiger charge is 2.30. The van der Waals surface area contributed by atoms with E-state index in [0.29, 0.717) is 11.1 Å². The van der Waals surface area contributed by atoms with Crippen LogP contribution in [-0.4, -0.2) is 11.3 Å². The van der Waals surface area contributed by atoms with E-state index in [0.717, 1.165) is 43.4 Å². The molecule has 6 heteroatoms. The van der Waals surface area contributed by atoms with Gasteiger partial charge in [-0.15, -0.1) is 0 Å². The van der Waals surface area contributed by atoms with Crippen molar-refractivity contribution in [2.45, 2.75) is 38.8 Å². The first kappa shape index (κ1) is 18.8. The molecule has 0 aliphatic rings. The van der Waals surface area contributed by atoms with E-state index in [1.807, 2.05) is 0 Å². The second-order valence-electron chi connectivity index (χ2n) is 5.73. The van der Waals surface area contributed by atoms with Crippen molar-refractivity contribution in [2.75, 3.05) is 0 Å². The van der Waals surface area contributed by atoms with Gasteiger partial charge in [0.2, 0.25) is 0 Å². The zero-order valence-electron chi connectivity index (χ0n) is 13.8. The molecule has 0 spiro atoms. The molecular weight excluding hydrogens is 333 g/mol. The Labute approximate surface area is 144 Å². The van der Waals surface area contributed by atoms with Gasteiger partial charge >= 0.3 is 12.3 Å². The molecule has 0 aliphatic carbocycles. The summed E-state index contributed by atoms with van der Waals surface area (Å²) >= 11 is 0. The Morgan fingerprint density at radius 3 is 2.32 bits per heavy atom. The summed E-state index contributed by atoms with van der Waals surface area (Å²) in [5, 5.41) is 8.86.